The molecule has 2 aromatic rings. The van der Waals surface area contributed by atoms with Crippen LogP contribution in [0, 0.1) is 3.57 Å². The SMILES string of the molecule is CC1C(Nc2ncncc2I)CCN1Cc1ccccc1. The highest BCUT2D eigenvalue weighted by atomic mass is 127. The standard InChI is InChI=1S/C16H19IN4/c1-12-15(20-16-14(17)9-18-11-19-16)7-8-21(12)10-13-5-3-2-4-6-13/h2-6,9,11-12,15H,7-8,10H2,1H3,(H,18,19,20). The molecule has 1 aromatic heterocycles. The number of hydrogen-bond acceptors (Lipinski definition) is 4. The van der Waals surface area contributed by atoms with Gasteiger partial charge in [0, 0.05) is 31.4 Å². The highest BCUT2D eigenvalue weighted by Gasteiger charge is 2.30. The number of halogens is 1. The normalized spacial score (nSPS) is 22.4. The van der Waals surface area contributed by atoms with E-state index in [-0.39, 0.29) is 0 Å². The topological polar surface area (TPSA) is 41.1 Å². The van der Waals surface area contributed by atoms with Gasteiger partial charge < -0.3 is 5.32 Å². The van der Waals surface area contributed by atoms with Gasteiger partial charge in [-0.2, -0.15) is 0 Å². The number of hydrogen-bond donors (Lipinski definition) is 1. The predicted molar refractivity (Wildman–Crippen MR) is 93.1 cm³/mol. The van der Waals surface area contributed by atoms with Crippen LogP contribution in [0.2, 0.25) is 0 Å². The van der Waals surface area contributed by atoms with Gasteiger partial charge in [0.25, 0.3) is 0 Å². The van der Waals surface area contributed by atoms with Gasteiger partial charge in [0.1, 0.15) is 12.1 Å². The quantitative estimate of drug-likeness (QED) is 0.810. The van der Waals surface area contributed by atoms with E-state index in [0.29, 0.717) is 12.1 Å². The van der Waals surface area contributed by atoms with Gasteiger partial charge >= 0.3 is 0 Å². The van der Waals surface area contributed by atoms with Gasteiger partial charge in [-0.05, 0) is 41.5 Å². The summed E-state index contributed by atoms with van der Waals surface area (Å²) in [6, 6.07) is 11.6. The second kappa shape index (κ2) is 6.70. The van der Waals surface area contributed by atoms with Crippen LogP contribution in [0.15, 0.2) is 42.9 Å². The Bertz CT molecular complexity index is 590. The summed E-state index contributed by atoms with van der Waals surface area (Å²) >= 11 is 2.28. The van der Waals surface area contributed by atoms with Crippen LogP contribution in [0.4, 0.5) is 5.82 Å². The summed E-state index contributed by atoms with van der Waals surface area (Å²) in [6.45, 7) is 4.43. The number of aromatic nitrogens is 2. The number of nitrogens with one attached hydrogen (secondary N) is 1. The molecule has 5 heteroatoms. The Hall–Kier alpha value is -1.21. The highest BCUT2D eigenvalue weighted by Crippen LogP contribution is 2.24. The molecule has 0 amide bonds. The van der Waals surface area contributed by atoms with E-state index in [1.54, 1.807) is 6.33 Å². The first kappa shape index (κ1) is 14.7. The average molecular weight is 394 g/mol. The van der Waals surface area contributed by atoms with Crippen molar-refractivity contribution in [2.75, 3.05) is 11.9 Å². The molecule has 0 aliphatic carbocycles. The molecule has 1 N–H and O–H groups in total. The number of benzene rings is 1. The third kappa shape index (κ3) is 3.52. The van der Waals surface area contributed by atoms with Crippen LogP contribution >= 0.6 is 22.6 Å². The van der Waals surface area contributed by atoms with E-state index in [1.165, 1.54) is 5.56 Å². The zero-order valence-electron chi connectivity index (χ0n) is 12.0. The van der Waals surface area contributed by atoms with E-state index in [1.807, 2.05) is 6.20 Å². The molecule has 2 atom stereocenters. The van der Waals surface area contributed by atoms with Crippen molar-refractivity contribution in [3.8, 4) is 0 Å². The maximum atomic E-state index is 4.34. The Kier molecular flexibility index (Phi) is 4.70. The number of rotatable bonds is 4. The van der Waals surface area contributed by atoms with Crippen molar-refractivity contribution in [3.05, 3.63) is 52.0 Å². The summed E-state index contributed by atoms with van der Waals surface area (Å²) in [7, 11) is 0. The Morgan fingerprint density at radius 3 is 2.90 bits per heavy atom. The molecular formula is C16H19IN4. The fourth-order valence-corrected chi connectivity index (χ4v) is 3.29. The minimum Gasteiger partial charge on any atom is -0.365 e. The lowest BCUT2D eigenvalue weighted by atomic mass is 10.1. The van der Waals surface area contributed by atoms with Gasteiger partial charge in [-0.3, -0.25) is 4.90 Å². The second-order valence-corrected chi connectivity index (χ2v) is 6.62. The van der Waals surface area contributed by atoms with Crippen molar-refractivity contribution < 1.29 is 0 Å². The molecule has 0 bridgehead atoms. The summed E-state index contributed by atoms with van der Waals surface area (Å²) in [5.74, 6) is 0.948. The summed E-state index contributed by atoms with van der Waals surface area (Å²) in [6.07, 6.45) is 4.59. The van der Waals surface area contributed by atoms with E-state index < -0.39 is 0 Å². The Balaban J connectivity index is 1.64. The summed E-state index contributed by atoms with van der Waals surface area (Å²) in [5.41, 5.74) is 1.38. The highest BCUT2D eigenvalue weighted by molar-refractivity contribution is 14.1. The summed E-state index contributed by atoms with van der Waals surface area (Å²) in [4.78, 5) is 10.9. The third-order valence-corrected chi connectivity index (χ3v) is 4.89. The maximum absolute atomic E-state index is 4.34. The number of nitrogens with zero attached hydrogens (tertiary/aromatic N) is 3. The smallest absolute Gasteiger partial charge is 0.143 e. The van der Waals surface area contributed by atoms with Gasteiger partial charge in [-0.1, -0.05) is 30.3 Å². The monoisotopic (exact) mass is 394 g/mol. The molecule has 2 heterocycles. The molecular weight excluding hydrogens is 375 g/mol. The first-order chi connectivity index (χ1) is 10.2. The molecule has 2 unspecified atom stereocenters. The number of anilines is 1. The lowest BCUT2D eigenvalue weighted by Crippen LogP contribution is -2.36. The molecule has 21 heavy (non-hydrogen) atoms. The van der Waals surface area contributed by atoms with Crippen LogP contribution in [0.1, 0.15) is 18.9 Å². The second-order valence-electron chi connectivity index (χ2n) is 5.46. The molecule has 1 aliphatic heterocycles. The van der Waals surface area contributed by atoms with Crippen LogP contribution in [0.5, 0.6) is 0 Å². The predicted octanol–water partition coefficient (Wildman–Crippen LogP) is 3.16. The first-order valence-corrected chi connectivity index (χ1v) is 8.32. The molecule has 3 rings (SSSR count). The van der Waals surface area contributed by atoms with Crippen molar-refractivity contribution in [1.29, 1.82) is 0 Å². The van der Waals surface area contributed by atoms with Gasteiger partial charge in [-0.25, -0.2) is 9.97 Å². The van der Waals surface area contributed by atoms with E-state index in [0.717, 1.165) is 28.9 Å². The van der Waals surface area contributed by atoms with Gasteiger partial charge in [0.05, 0.1) is 3.57 Å². The fourth-order valence-electron chi connectivity index (χ4n) is 2.83. The largest absolute Gasteiger partial charge is 0.365 e. The Morgan fingerprint density at radius 2 is 2.14 bits per heavy atom. The van der Waals surface area contributed by atoms with Crippen molar-refractivity contribution in [2.45, 2.75) is 32.0 Å². The van der Waals surface area contributed by atoms with Crippen molar-refractivity contribution in [3.63, 3.8) is 0 Å². The molecule has 1 aliphatic rings. The summed E-state index contributed by atoms with van der Waals surface area (Å²) in [5, 5.41) is 3.57. The van der Waals surface area contributed by atoms with Crippen molar-refractivity contribution in [1.82, 2.24) is 14.9 Å². The first-order valence-electron chi connectivity index (χ1n) is 7.24. The molecule has 110 valence electrons. The van der Waals surface area contributed by atoms with Crippen LogP contribution < -0.4 is 5.32 Å². The molecule has 1 aromatic carbocycles. The van der Waals surface area contributed by atoms with Crippen molar-refractivity contribution >= 4 is 28.4 Å². The van der Waals surface area contributed by atoms with Crippen LogP contribution in [-0.4, -0.2) is 33.5 Å². The molecule has 1 fully saturated rings. The fraction of sp³-hybridized carbons (Fsp3) is 0.375. The summed E-state index contributed by atoms with van der Waals surface area (Å²) < 4.78 is 1.07. The van der Waals surface area contributed by atoms with Gasteiger partial charge in [0.2, 0.25) is 0 Å². The third-order valence-electron chi connectivity index (χ3n) is 4.10. The van der Waals surface area contributed by atoms with Gasteiger partial charge in [-0.15, -0.1) is 0 Å². The molecule has 0 spiro atoms. The van der Waals surface area contributed by atoms with Crippen LogP contribution in [0.25, 0.3) is 0 Å². The lowest BCUT2D eigenvalue weighted by Gasteiger charge is -2.25. The van der Waals surface area contributed by atoms with Crippen LogP contribution in [0.3, 0.4) is 0 Å². The minimum absolute atomic E-state index is 0.442. The molecule has 0 radical (unpaired) electrons. The minimum atomic E-state index is 0.442. The molecule has 1 saturated heterocycles. The average Bonchev–Trinajstić information content (AvgIpc) is 2.84. The van der Waals surface area contributed by atoms with Crippen molar-refractivity contribution in [2.24, 2.45) is 0 Å². The van der Waals surface area contributed by atoms with E-state index in [4.69, 9.17) is 0 Å². The lowest BCUT2D eigenvalue weighted by molar-refractivity contribution is 0.255. The van der Waals surface area contributed by atoms with E-state index >= 15 is 0 Å². The van der Waals surface area contributed by atoms with E-state index in [2.05, 4.69) is 80.0 Å². The van der Waals surface area contributed by atoms with E-state index in [9.17, 15) is 0 Å². The zero-order valence-corrected chi connectivity index (χ0v) is 14.2. The molecule has 4 nitrogen and oxygen atoms in total. The number of likely N-dealkylation sites (tertiary alicyclic amines) is 1. The van der Waals surface area contributed by atoms with Crippen LogP contribution in [-0.2, 0) is 6.54 Å². The zero-order chi connectivity index (χ0) is 14.7. The molecule has 0 saturated carbocycles. The maximum Gasteiger partial charge on any atom is 0.143 e. The Labute approximate surface area is 139 Å². The Morgan fingerprint density at radius 1 is 1.33 bits per heavy atom. The van der Waals surface area contributed by atoms with Gasteiger partial charge in [0.15, 0.2) is 0 Å².